The maximum Gasteiger partial charge on any atom is 0.274 e. The summed E-state index contributed by atoms with van der Waals surface area (Å²) in [4.78, 5) is 16.8. The van der Waals surface area contributed by atoms with Crippen LogP contribution in [0.15, 0.2) is 0 Å². The van der Waals surface area contributed by atoms with Crippen molar-refractivity contribution in [1.82, 2.24) is 19.6 Å². The Hall–Kier alpha value is -1.56. The molecule has 2 heterocycles. The number of nitrogens with two attached hydrogens (primary N) is 1. The molecule has 1 aromatic rings. The predicted octanol–water partition coefficient (Wildman–Crippen LogP) is 0.587. The van der Waals surface area contributed by atoms with Gasteiger partial charge in [0.05, 0.1) is 11.4 Å². The minimum absolute atomic E-state index is 0.00611. The van der Waals surface area contributed by atoms with E-state index in [0.717, 1.165) is 25.2 Å². The van der Waals surface area contributed by atoms with Gasteiger partial charge in [0.1, 0.15) is 5.69 Å². The van der Waals surface area contributed by atoms with Crippen LogP contribution in [0.5, 0.6) is 0 Å². The molecule has 2 unspecified atom stereocenters. The second-order valence-electron chi connectivity index (χ2n) is 5.90. The van der Waals surface area contributed by atoms with Gasteiger partial charge in [-0.1, -0.05) is 13.8 Å². The van der Waals surface area contributed by atoms with Gasteiger partial charge in [-0.15, -0.1) is 0 Å². The molecule has 1 fully saturated rings. The standard InChI is InChI=1S/C14H25N5O/c1-6-10-12(15)13(18(5)16-10)14(20)19-7-9(2)11(8-19)17(3)4/h9,11H,6-8,15H2,1-5H3. The second kappa shape index (κ2) is 5.44. The zero-order chi connectivity index (χ0) is 15.0. The number of aromatic nitrogens is 2. The number of hydrogen-bond acceptors (Lipinski definition) is 4. The van der Waals surface area contributed by atoms with Gasteiger partial charge in [0.15, 0.2) is 0 Å². The molecule has 0 spiro atoms. The Kier molecular flexibility index (Phi) is 4.04. The van der Waals surface area contributed by atoms with Crippen molar-refractivity contribution < 1.29 is 4.79 Å². The lowest BCUT2D eigenvalue weighted by Gasteiger charge is -2.22. The SMILES string of the molecule is CCc1nn(C)c(C(=O)N2CC(C)C(N(C)C)C2)c1N. The highest BCUT2D eigenvalue weighted by Gasteiger charge is 2.35. The van der Waals surface area contributed by atoms with Crippen molar-refractivity contribution in [3.8, 4) is 0 Å². The zero-order valence-corrected chi connectivity index (χ0v) is 13.1. The molecule has 0 bridgehead atoms. The average Bonchev–Trinajstić information content (AvgIpc) is 2.89. The van der Waals surface area contributed by atoms with Gasteiger partial charge in [-0.05, 0) is 26.4 Å². The molecule has 2 rings (SSSR count). The molecule has 0 saturated carbocycles. The molecule has 1 aromatic heterocycles. The Morgan fingerprint density at radius 2 is 2.10 bits per heavy atom. The van der Waals surface area contributed by atoms with Gasteiger partial charge in [-0.3, -0.25) is 9.48 Å². The number of likely N-dealkylation sites (tertiary alicyclic amines) is 1. The topological polar surface area (TPSA) is 67.4 Å². The molecule has 0 aliphatic carbocycles. The lowest BCUT2D eigenvalue weighted by atomic mass is 10.1. The molecule has 1 aliphatic rings. The van der Waals surface area contributed by atoms with E-state index >= 15 is 0 Å². The van der Waals surface area contributed by atoms with E-state index < -0.39 is 0 Å². The third kappa shape index (κ3) is 2.40. The van der Waals surface area contributed by atoms with Crippen LogP contribution in [0.25, 0.3) is 0 Å². The van der Waals surface area contributed by atoms with E-state index in [4.69, 9.17) is 5.73 Å². The van der Waals surface area contributed by atoms with Crippen LogP contribution in [0, 0.1) is 5.92 Å². The molecule has 6 nitrogen and oxygen atoms in total. The summed E-state index contributed by atoms with van der Waals surface area (Å²) in [5.74, 6) is 0.461. The van der Waals surface area contributed by atoms with E-state index in [0.29, 0.717) is 23.3 Å². The number of aryl methyl sites for hydroxylation is 2. The normalized spacial score (nSPS) is 22.8. The van der Waals surface area contributed by atoms with E-state index in [9.17, 15) is 4.79 Å². The Labute approximate surface area is 120 Å². The van der Waals surface area contributed by atoms with Crippen LogP contribution in [0.2, 0.25) is 0 Å². The molecule has 20 heavy (non-hydrogen) atoms. The summed E-state index contributed by atoms with van der Waals surface area (Å²) in [5, 5.41) is 4.33. The third-order valence-electron chi connectivity index (χ3n) is 4.22. The minimum Gasteiger partial charge on any atom is -0.395 e. The molecule has 1 saturated heterocycles. The van der Waals surface area contributed by atoms with Crippen LogP contribution < -0.4 is 5.73 Å². The summed E-state index contributed by atoms with van der Waals surface area (Å²) in [5.41, 5.74) is 7.92. The highest BCUT2D eigenvalue weighted by Crippen LogP contribution is 2.25. The van der Waals surface area contributed by atoms with Gasteiger partial charge in [0.25, 0.3) is 5.91 Å². The molecule has 2 N–H and O–H groups in total. The average molecular weight is 279 g/mol. The fraction of sp³-hybridized carbons (Fsp3) is 0.714. The molecule has 1 amide bonds. The number of nitrogen functional groups attached to an aromatic ring is 1. The van der Waals surface area contributed by atoms with Gasteiger partial charge in [0, 0.05) is 26.2 Å². The summed E-state index contributed by atoms with van der Waals surface area (Å²) >= 11 is 0. The van der Waals surface area contributed by atoms with Gasteiger partial charge in [0.2, 0.25) is 0 Å². The van der Waals surface area contributed by atoms with Crippen LogP contribution in [-0.4, -0.2) is 58.7 Å². The van der Waals surface area contributed by atoms with E-state index in [1.54, 1.807) is 11.7 Å². The summed E-state index contributed by atoms with van der Waals surface area (Å²) in [6.45, 7) is 5.70. The van der Waals surface area contributed by atoms with Crippen LogP contribution in [0.3, 0.4) is 0 Å². The molecule has 112 valence electrons. The monoisotopic (exact) mass is 279 g/mol. The van der Waals surface area contributed by atoms with Crippen molar-refractivity contribution in [3.05, 3.63) is 11.4 Å². The predicted molar refractivity (Wildman–Crippen MR) is 79.5 cm³/mol. The number of anilines is 1. The van der Waals surface area contributed by atoms with Crippen molar-refractivity contribution in [2.24, 2.45) is 13.0 Å². The number of hydrogen-bond donors (Lipinski definition) is 1. The lowest BCUT2D eigenvalue weighted by Crippen LogP contribution is -2.36. The van der Waals surface area contributed by atoms with Crippen LogP contribution in [-0.2, 0) is 13.5 Å². The maximum absolute atomic E-state index is 12.7. The van der Waals surface area contributed by atoms with Crippen molar-refractivity contribution in [2.75, 3.05) is 32.9 Å². The molecule has 0 aromatic carbocycles. The molecule has 0 radical (unpaired) electrons. The van der Waals surface area contributed by atoms with Crippen LogP contribution >= 0.6 is 0 Å². The third-order valence-corrected chi connectivity index (χ3v) is 4.22. The summed E-state index contributed by atoms with van der Waals surface area (Å²) in [7, 11) is 5.90. The Balaban J connectivity index is 2.23. The van der Waals surface area contributed by atoms with Crippen molar-refractivity contribution >= 4 is 11.6 Å². The number of carbonyl (C=O) groups is 1. The Morgan fingerprint density at radius 1 is 1.45 bits per heavy atom. The first-order valence-corrected chi connectivity index (χ1v) is 7.13. The first kappa shape index (κ1) is 14.8. The zero-order valence-electron chi connectivity index (χ0n) is 13.1. The molecular formula is C14H25N5O. The highest BCUT2D eigenvalue weighted by atomic mass is 16.2. The van der Waals surface area contributed by atoms with Crippen molar-refractivity contribution in [3.63, 3.8) is 0 Å². The lowest BCUT2D eigenvalue weighted by molar-refractivity contribution is 0.0771. The number of likely N-dealkylation sites (N-methyl/N-ethyl adjacent to an activating group) is 1. The van der Waals surface area contributed by atoms with E-state index in [1.165, 1.54) is 0 Å². The first-order chi connectivity index (χ1) is 9.36. The van der Waals surface area contributed by atoms with Gasteiger partial charge in [-0.25, -0.2) is 0 Å². The Morgan fingerprint density at radius 3 is 2.55 bits per heavy atom. The number of amides is 1. The molecule has 2 atom stereocenters. The maximum atomic E-state index is 12.7. The molecular weight excluding hydrogens is 254 g/mol. The fourth-order valence-electron chi connectivity index (χ4n) is 3.05. The van der Waals surface area contributed by atoms with E-state index in [-0.39, 0.29) is 5.91 Å². The van der Waals surface area contributed by atoms with E-state index in [1.807, 2.05) is 11.8 Å². The second-order valence-corrected chi connectivity index (χ2v) is 5.90. The fourth-order valence-corrected chi connectivity index (χ4v) is 3.05. The smallest absolute Gasteiger partial charge is 0.274 e. The Bertz CT molecular complexity index is 508. The number of carbonyl (C=O) groups excluding carboxylic acids is 1. The number of nitrogens with zero attached hydrogens (tertiary/aromatic N) is 4. The summed E-state index contributed by atoms with van der Waals surface area (Å²) in [6.07, 6.45) is 0.740. The van der Waals surface area contributed by atoms with E-state index in [2.05, 4.69) is 31.0 Å². The minimum atomic E-state index is -0.00611. The highest BCUT2D eigenvalue weighted by molar-refractivity contribution is 5.98. The van der Waals surface area contributed by atoms with Gasteiger partial charge < -0.3 is 15.5 Å². The van der Waals surface area contributed by atoms with Gasteiger partial charge >= 0.3 is 0 Å². The summed E-state index contributed by atoms with van der Waals surface area (Å²) in [6, 6.07) is 0.402. The quantitative estimate of drug-likeness (QED) is 0.879. The van der Waals surface area contributed by atoms with Crippen LogP contribution in [0.4, 0.5) is 5.69 Å². The molecule has 6 heteroatoms. The number of rotatable bonds is 3. The summed E-state index contributed by atoms with van der Waals surface area (Å²) < 4.78 is 1.62. The molecule has 1 aliphatic heterocycles. The van der Waals surface area contributed by atoms with Crippen molar-refractivity contribution in [1.29, 1.82) is 0 Å². The first-order valence-electron chi connectivity index (χ1n) is 7.13. The van der Waals surface area contributed by atoms with Crippen molar-refractivity contribution in [2.45, 2.75) is 26.3 Å². The van der Waals surface area contributed by atoms with Gasteiger partial charge in [-0.2, -0.15) is 5.10 Å². The van der Waals surface area contributed by atoms with Crippen LogP contribution in [0.1, 0.15) is 30.0 Å². The largest absolute Gasteiger partial charge is 0.395 e.